The average molecular weight is 194 g/mol. The van der Waals surface area contributed by atoms with Crippen LogP contribution in [0.4, 0.5) is 13.2 Å². The minimum atomic E-state index is -4.12. The Kier molecular flexibility index (Phi) is 1.60. The molecule has 3 rings (SSSR count). The maximum atomic E-state index is 12.0. The van der Waals surface area contributed by atoms with Crippen LogP contribution in [0.25, 0.3) is 0 Å². The van der Waals surface area contributed by atoms with E-state index < -0.39 is 30.4 Å². The van der Waals surface area contributed by atoms with Crippen LogP contribution in [0, 0.1) is 5.41 Å². The number of halogens is 3. The average Bonchev–Trinajstić information content (AvgIpc) is 1.71. The topological polar surface area (TPSA) is 40.5 Å². The fraction of sp³-hybridized carbons (Fsp3) is 1.00. The lowest BCUT2D eigenvalue weighted by Gasteiger charge is -2.70. The fourth-order valence-corrected chi connectivity index (χ4v) is 2.97. The highest BCUT2D eigenvalue weighted by Gasteiger charge is 2.73. The third kappa shape index (κ3) is 1.27. The Morgan fingerprint density at radius 1 is 1.15 bits per heavy atom. The van der Waals surface area contributed by atoms with Crippen LogP contribution in [0.15, 0.2) is 0 Å². The summed E-state index contributed by atoms with van der Waals surface area (Å²) in [6.07, 6.45) is -3.94. The maximum Gasteiger partial charge on any atom is 0.458 e. The Morgan fingerprint density at radius 3 is 1.92 bits per heavy atom. The molecular formula is C7H10BF3O2. The summed E-state index contributed by atoms with van der Waals surface area (Å²) in [4.78, 5) is 0. The third-order valence-corrected chi connectivity index (χ3v) is 3.30. The number of alkyl halides is 3. The first-order chi connectivity index (χ1) is 5.77. The van der Waals surface area contributed by atoms with Gasteiger partial charge in [-0.05, 0) is 24.7 Å². The molecule has 2 N–H and O–H groups in total. The van der Waals surface area contributed by atoms with Gasteiger partial charge in [0.1, 0.15) is 0 Å². The molecule has 0 amide bonds. The minimum absolute atomic E-state index is 0.317. The number of hydrogen-bond acceptors (Lipinski definition) is 2. The molecule has 13 heavy (non-hydrogen) atoms. The van der Waals surface area contributed by atoms with E-state index in [0.29, 0.717) is 19.3 Å². The Morgan fingerprint density at radius 2 is 1.62 bits per heavy atom. The van der Waals surface area contributed by atoms with Crippen molar-refractivity contribution in [1.29, 1.82) is 0 Å². The Balaban J connectivity index is 1.90. The van der Waals surface area contributed by atoms with Crippen molar-refractivity contribution in [3.05, 3.63) is 0 Å². The van der Waals surface area contributed by atoms with Crippen molar-refractivity contribution in [1.82, 2.24) is 0 Å². The summed E-state index contributed by atoms with van der Waals surface area (Å²) in [7, 11) is -1.44. The second-order valence-electron chi connectivity index (χ2n) is 4.56. The van der Waals surface area contributed by atoms with E-state index >= 15 is 0 Å². The highest BCUT2D eigenvalue weighted by molar-refractivity contribution is 6.46. The molecule has 74 valence electrons. The zero-order valence-corrected chi connectivity index (χ0v) is 6.93. The predicted molar refractivity (Wildman–Crippen MR) is 39.8 cm³/mol. The molecule has 3 aliphatic carbocycles. The molecule has 2 nitrogen and oxygen atoms in total. The van der Waals surface area contributed by atoms with Crippen LogP contribution in [-0.2, 0) is 0 Å². The van der Waals surface area contributed by atoms with E-state index in [2.05, 4.69) is 0 Å². The smallest absolute Gasteiger partial charge is 0.427 e. The molecule has 0 unspecified atom stereocenters. The molecule has 0 aliphatic heterocycles. The van der Waals surface area contributed by atoms with Crippen molar-refractivity contribution in [2.75, 3.05) is 0 Å². The second-order valence-corrected chi connectivity index (χ2v) is 4.56. The molecule has 3 aliphatic rings. The van der Waals surface area contributed by atoms with E-state index in [9.17, 15) is 13.2 Å². The molecule has 0 atom stereocenters. The van der Waals surface area contributed by atoms with Crippen LogP contribution in [0.5, 0.6) is 0 Å². The van der Waals surface area contributed by atoms with Gasteiger partial charge < -0.3 is 10.0 Å². The molecular weight excluding hydrogens is 184 g/mol. The lowest BCUT2D eigenvalue weighted by Crippen LogP contribution is -2.64. The van der Waals surface area contributed by atoms with Crippen LogP contribution in [0.2, 0.25) is 5.31 Å². The number of rotatable bonds is 2. The third-order valence-electron chi connectivity index (χ3n) is 3.30. The number of hydrogen-bond donors (Lipinski definition) is 2. The van der Waals surface area contributed by atoms with Gasteiger partial charge in [0.05, 0.1) is 0 Å². The Bertz CT molecular complexity index is 219. The second kappa shape index (κ2) is 2.23. The molecule has 0 radical (unpaired) electrons. The van der Waals surface area contributed by atoms with Gasteiger partial charge in [0.25, 0.3) is 0 Å². The zero-order valence-electron chi connectivity index (χ0n) is 6.93. The van der Waals surface area contributed by atoms with Crippen molar-refractivity contribution < 1.29 is 23.2 Å². The van der Waals surface area contributed by atoms with Gasteiger partial charge in [0, 0.05) is 11.7 Å². The largest absolute Gasteiger partial charge is 0.458 e. The van der Waals surface area contributed by atoms with Gasteiger partial charge in [-0.15, -0.1) is 0 Å². The summed E-state index contributed by atoms with van der Waals surface area (Å²) in [5.41, 5.74) is -0.651. The molecule has 6 heteroatoms. The van der Waals surface area contributed by atoms with Crippen molar-refractivity contribution in [3.63, 3.8) is 0 Å². The first-order valence-corrected chi connectivity index (χ1v) is 4.20. The molecule has 0 heterocycles. The van der Waals surface area contributed by atoms with E-state index in [1.165, 1.54) is 0 Å². The van der Waals surface area contributed by atoms with Crippen LogP contribution < -0.4 is 0 Å². The van der Waals surface area contributed by atoms with Gasteiger partial charge in [-0.25, -0.2) is 0 Å². The van der Waals surface area contributed by atoms with Crippen molar-refractivity contribution in [2.45, 2.75) is 37.2 Å². The Hall–Kier alpha value is -0.225. The lowest BCUT2D eigenvalue weighted by molar-refractivity contribution is -0.219. The van der Waals surface area contributed by atoms with Gasteiger partial charge in [-0.1, -0.05) is 0 Å². The van der Waals surface area contributed by atoms with Crippen LogP contribution in [-0.4, -0.2) is 23.3 Å². The molecule has 0 spiro atoms. The highest BCUT2D eigenvalue weighted by atomic mass is 19.4. The summed E-state index contributed by atoms with van der Waals surface area (Å²) in [6, 6.07) is 0. The fourth-order valence-electron chi connectivity index (χ4n) is 2.97. The molecule has 3 saturated carbocycles. The molecule has 0 aromatic rings. The molecule has 2 bridgehead atoms. The SMILES string of the molecule is OB(O)C12CC(CC(F)(F)F)(C1)C2. The van der Waals surface area contributed by atoms with E-state index in [-0.39, 0.29) is 0 Å². The monoisotopic (exact) mass is 194 g/mol. The van der Waals surface area contributed by atoms with Gasteiger partial charge in [0.15, 0.2) is 0 Å². The van der Waals surface area contributed by atoms with E-state index in [1.54, 1.807) is 0 Å². The predicted octanol–water partition coefficient (Wildman–Crippen LogP) is 1.34. The summed E-state index contributed by atoms with van der Waals surface area (Å²) in [5, 5.41) is 17.1. The Labute approximate surface area is 73.9 Å². The summed E-state index contributed by atoms with van der Waals surface area (Å²) in [5.74, 6) is 0. The molecule has 3 fully saturated rings. The van der Waals surface area contributed by atoms with Gasteiger partial charge in [-0.3, -0.25) is 0 Å². The molecule has 0 aromatic heterocycles. The van der Waals surface area contributed by atoms with Crippen molar-refractivity contribution in [2.24, 2.45) is 5.41 Å². The summed E-state index contributed by atoms with van der Waals surface area (Å²) in [6.45, 7) is 0. The highest BCUT2D eigenvalue weighted by Crippen LogP contribution is 2.81. The van der Waals surface area contributed by atoms with Gasteiger partial charge in [-0.2, -0.15) is 13.2 Å². The molecule has 0 saturated heterocycles. The standard InChI is InChI=1S/C7H10BF3O2/c9-7(10,11)4-5-1-6(2-5,3-5)8(12)13/h12-13H,1-4H2. The van der Waals surface area contributed by atoms with E-state index in [1.807, 2.05) is 0 Å². The van der Waals surface area contributed by atoms with Gasteiger partial charge in [0.2, 0.25) is 0 Å². The van der Waals surface area contributed by atoms with Crippen molar-refractivity contribution >= 4 is 7.12 Å². The molecule has 0 aromatic carbocycles. The minimum Gasteiger partial charge on any atom is -0.427 e. The van der Waals surface area contributed by atoms with Crippen LogP contribution in [0.1, 0.15) is 25.7 Å². The van der Waals surface area contributed by atoms with Gasteiger partial charge >= 0.3 is 13.3 Å². The van der Waals surface area contributed by atoms with Crippen molar-refractivity contribution in [3.8, 4) is 0 Å². The quantitative estimate of drug-likeness (QED) is 0.651. The summed E-state index contributed by atoms with van der Waals surface area (Å²) >= 11 is 0. The van der Waals surface area contributed by atoms with Crippen LogP contribution in [0.3, 0.4) is 0 Å². The van der Waals surface area contributed by atoms with E-state index in [0.717, 1.165) is 0 Å². The first kappa shape index (κ1) is 9.33. The zero-order chi connectivity index (χ0) is 9.91. The van der Waals surface area contributed by atoms with Crippen LogP contribution >= 0.6 is 0 Å². The summed E-state index contributed by atoms with van der Waals surface area (Å²) < 4.78 is 36.0. The normalized spacial score (nSPS) is 42.2. The maximum absolute atomic E-state index is 12.0. The first-order valence-electron chi connectivity index (χ1n) is 4.20. The lowest BCUT2D eigenvalue weighted by atomic mass is 9.24. The van der Waals surface area contributed by atoms with E-state index in [4.69, 9.17) is 10.0 Å².